The summed E-state index contributed by atoms with van der Waals surface area (Å²) in [4.78, 5) is 0.737. The molecule has 3 heterocycles. The molecule has 116 valence electrons. The predicted octanol–water partition coefficient (Wildman–Crippen LogP) is 5.03. The molecule has 3 aromatic heterocycles. The Morgan fingerprint density at radius 2 is 1.92 bits per heavy atom. The third kappa shape index (κ3) is 2.16. The first kappa shape index (κ1) is 13.9. The predicted molar refractivity (Wildman–Crippen MR) is 97.0 cm³/mol. The number of halogens is 1. The summed E-state index contributed by atoms with van der Waals surface area (Å²) in [5, 5.41) is 15.0. The van der Waals surface area contributed by atoms with Gasteiger partial charge in [0.1, 0.15) is 10.6 Å². The summed E-state index contributed by atoms with van der Waals surface area (Å²) in [7, 11) is 0. The van der Waals surface area contributed by atoms with Crippen molar-refractivity contribution in [3.8, 4) is 22.2 Å². The number of fused-ring (bicyclic) bond motifs is 2. The lowest BCUT2D eigenvalue weighted by atomic mass is 10.2. The highest BCUT2D eigenvalue weighted by atomic mass is 79.9. The number of hydrogen-bond acceptors (Lipinski definition) is 5. The largest absolute Gasteiger partial charge is 0.453 e. The molecule has 0 aliphatic carbocycles. The smallest absolute Gasteiger partial charge is 0.235 e. The van der Waals surface area contributed by atoms with Crippen LogP contribution in [0.1, 0.15) is 0 Å². The minimum absolute atomic E-state index is 0.610. The van der Waals surface area contributed by atoms with Crippen LogP contribution >= 0.6 is 27.3 Å². The molecule has 0 saturated heterocycles. The molecular weight excluding hydrogens is 388 g/mol. The van der Waals surface area contributed by atoms with Crippen molar-refractivity contribution in [1.82, 2.24) is 19.8 Å². The van der Waals surface area contributed by atoms with Crippen molar-refractivity contribution in [3.05, 3.63) is 59.1 Å². The highest BCUT2D eigenvalue weighted by Crippen LogP contribution is 2.31. The Balaban J connectivity index is 1.67. The molecule has 0 N–H and O–H groups in total. The van der Waals surface area contributed by atoms with E-state index in [1.54, 1.807) is 4.52 Å². The quantitative estimate of drug-likeness (QED) is 0.419. The molecule has 7 heteroatoms. The van der Waals surface area contributed by atoms with Crippen LogP contribution in [0, 0.1) is 0 Å². The van der Waals surface area contributed by atoms with Gasteiger partial charge >= 0.3 is 0 Å². The number of para-hydroxylation sites is 1. The first-order chi connectivity index (χ1) is 11.8. The molecule has 0 spiro atoms. The van der Waals surface area contributed by atoms with Crippen LogP contribution in [0.5, 0.6) is 0 Å². The van der Waals surface area contributed by atoms with Gasteiger partial charge in [0.2, 0.25) is 10.8 Å². The minimum atomic E-state index is 0.610. The summed E-state index contributed by atoms with van der Waals surface area (Å²) in [5.74, 6) is 1.27. The van der Waals surface area contributed by atoms with Crippen molar-refractivity contribution in [2.75, 3.05) is 0 Å². The van der Waals surface area contributed by atoms with Crippen LogP contribution in [0.3, 0.4) is 0 Å². The van der Waals surface area contributed by atoms with Crippen molar-refractivity contribution >= 4 is 43.2 Å². The maximum absolute atomic E-state index is 5.89. The van der Waals surface area contributed by atoms with E-state index in [4.69, 9.17) is 4.42 Å². The van der Waals surface area contributed by atoms with Crippen LogP contribution in [0.15, 0.2) is 63.5 Å². The van der Waals surface area contributed by atoms with Crippen molar-refractivity contribution < 1.29 is 4.42 Å². The van der Waals surface area contributed by atoms with Crippen molar-refractivity contribution in [1.29, 1.82) is 0 Å². The summed E-state index contributed by atoms with van der Waals surface area (Å²) < 4.78 is 8.64. The molecule has 0 atom stereocenters. The van der Waals surface area contributed by atoms with Gasteiger partial charge < -0.3 is 4.42 Å². The number of furan rings is 1. The van der Waals surface area contributed by atoms with Crippen molar-refractivity contribution in [2.45, 2.75) is 0 Å². The lowest BCUT2D eigenvalue weighted by Crippen LogP contribution is -1.89. The molecule has 5 aromatic rings. The van der Waals surface area contributed by atoms with Gasteiger partial charge in [-0.15, -0.1) is 10.2 Å². The second kappa shape index (κ2) is 5.25. The van der Waals surface area contributed by atoms with E-state index >= 15 is 0 Å². The zero-order valence-electron chi connectivity index (χ0n) is 12.2. The van der Waals surface area contributed by atoms with Gasteiger partial charge in [-0.1, -0.05) is 57.6 Å². The summed E-state index contributed by atoms with van der Waals surface area (Å²) in [5.41, 5.74) is 1.86. The Morgan fingerprint density at radius 3 is 2.79 bits per heavy atom. The van der Waals surface area contributed by atoms with Crippen molar-refractivity contribution in [2.24, 2.45) is 0 Å². The second-order valence-electron chi connectivity index (χ2n) is 5.28. The number of benzene rings is 2. The van der Waals surface area contributed by atoms with Crippen LogP contribution in [0.25, 0.3) is 38.1 Å². The first-order valence-electron chi connectivity index (χ1n) is 7.25. The SMILES string of the molecule is Brc1cccc(-c2nn3c(-c4cc5ccccc5o4)nnc3s2)c1. The number of hydrogen-bond donors (Lipinski definition) is 0. The topological polar surface area (TPSA) is 56.2 Å². The highest BCUT2D eigenvalue weighted by molar-refractivity contribution is 9.10. The molecule has 0 radical (unpaired) electrons. The van der Waals surface area contributed by atoms with Gasteiger partial charge in [0.05, 0.1) is 0 Å². The van der Waals surface area contributed by atoms with E-state index in [1.807, 2.05) is 54.6 Å². The Bertz CT molecular complexity index is 1160. The number of aromatic nitrogens is 4. The molecule has 0 fully saturated rings. The van der Waals surface area contributed by atoms with E-state index in [0.29, 0.717) is 11.6 Å². The van der Waals surface area contributed by atoms with Crippen LogP contribution in [0.2, 0.25) is 0 Å². The van der Waals surface area contributed by atoms with Gasteiger partial charge in [0.15, 0.2) is 5.76 Å². The fourth-order valence-corrected chi connectivity index (χ4v) is 3.84. The normalized spacial score (nSPS) is 11.5. The molecule has 0 saturated carbocycles. The lowest BCUT2D eigenvalue weighted by Gasteiger charge is -1.95. The Hall–Kier alpha value is -2.51. The van der Waals surface area contributed by atoms with E-state index in [-0.39, 0.29) is 0 Å². The zero-order valence-corrected chi connectivity index (χ0v) is 14.6. The Morgan fingerprint density at radius 1 is 1.00 bits per heavy atom. The molecule has 0 bridgehead atoms. The molecule has 0 amide bonds. The van der Waals surface area contributed by atoms with Crippen LogP contribution < -0.4 is 0 Å². The van der Waals surface area contributed by atoms with Gasteiger partial charge in [0, 0.05) is 15.4 Å². The monoisotopic (exact) mass is 396 g/mol. The van der Waals surface area contributed by atoms with E-state index in [1.165, 1.54) is 11.3 Å². The average Bonchev–Trinajstić information content (AvgIpc) is 3.27. The zero-order chi connectivity index (χ0) is 16.1. The fourth-order valence-electron chi connectivity index (χ4n) is 2.60. The summed E-state index contributed by atoms with van der Waals surface area (Å²) >= 11 is 4.99. The summed E-state index contributed by atoms with van der Waals surface area (Å²) in [6.07, 6.45) is 0. The third-order valence-electron chi connectivity index (χ3n) is 3.71. The number of rotatable bonds is 2. The van der Waals surface area contributed by atoms with Crippen LogP contribution in [0.4, 0.5) is 0 Å². The van der Waals surface area contributed by atoms with E-state index in [9.17, 15) is 0 Å². The molecule has 0 aliphatic rings. The van der Waals surface area contributed by atoms with Gasteiger partial charge in [-0.05, 0) is 24.3 Å². The highest BCUT2D eigenvalue weighted by Gasteiger charge is 2.17. The molecule has 0 aliphatic heterocycles. The first-order valence-corrected chi connectivity index (χ1v) is 8.86. The molecule has 0 unspecified atom stereocenters. The molecule has 5 nitrogen and oxygen atoms in total. The van der Waals surface area contributed by atoms with E-state index in [2.05, 4.69) is 31.2 Å². The second-order valence-corrected chi connectivity index (χ2v) is 7.16. The fraction of sp³-hybridized carbons (Fsp3) is 0. The van der Waals surface area contributed by atoms with E-state index in [0.717, 1.165) is 31.0 Å². The average molecular weight is 397 g/mol. The maximum atomic E-state index is 5.89. The van der Waals surface area contributed by atoms with E-state index < -0.39 is 0 Å². The Kier molecular flexibility index (Phi) is 3.04. The maximum Gasteiger partial charge on any atom is 0.235 e. The summed E-state index contributed by atoms with van der Waals surface area (Å²) in [6, 6.07) is 17.9. The number of nitrogens with zero attached hydrogens (tertiary/aromatic N) is 4. The van der Waals surface area contributed by atoms with Crippen LogP contribution in [-0.2, 0) is 0 Å². The standard InChI is InChI=1S/C17H9BrN4OS/c18-12-6-3-5-11(8-12)16-21-22-15(19-20-17(22)24-16)14-9-10-4-1-2-7-13(10)23-14/h1-9H. The van der Waals surface area contributed by atoms with Gasteiger partial charge in [-0.3, -0.25) is 0 Å². The van der Waals surface area contributed by atoms with Crippen molar-refractivity contribution in [3.63, 3.8) is 0 Å². The van der Waals surface area contributed by atoms with Gasteiger partial charge in [-0.2, -0.15) is 9.61 Å². The summed E-state index contributed by atoms with van der Waals surface area (Å²) in [6.45, 7) is 0. The van der Waals surface area contributed by atoms with Gasteiger partial charge in [0.25, 0.3) is 0 Å². The Labute approximate surface area is 148 Å². The van der Waals surface area contributed by atoms with Crippen LogP contribution in [-0.4, -0.2) is 19.8 Å². The molecule has 5 rings (SSSR count). The molecule has 24 heavy (non-hydrogen) atoms. The minimum Gasteiger partial charge on any atom is -0.453 e. The van der Waals surface area contributed by atoms with Gasteiger partial charge in [-0.25, -0.2) is 0 Å². The third-order valence-corrected chi connectivity index (χ3v) is 5.15. The lowest BCUT2D eigenvalue weighted by molar-refractivity contribution is 0.622. The molecular formula is C17H9BrN4OS. The molecule has 2 aromatic carbocycles.